The van der Waals surface area contributed by atoms with Gasteiger partial charge in [0.05, 0.1) is 5.54 Å². The molecule has 0 aliphatic heterocycles. The topological polar surface area (TPSA) is 3.24 Å². The molecule has 0 radical (unpaired) electrons. The van der Waals surface area contributed by atoms with Gasteiger partial charge in [-0.25, -0.2) is 0 Å². The van der Waals surface area contributed by atoms with Gasteiger partial charge < -0.3 is 0 Å². The van der Waals surface area contributed by atoms with Gasteiger partial charge in [0.1, 0.15) is 0 Å². The van der Waals surface area contributed by atoms with Gasteiger partial charge in [0.25, 0.3) is 0 Å². The minimum atomic E-state index is -0.0243. The normalized spacial score (nSPS) is 10.9. The van der Waals surface area contributed by atoms with Crippen LogP contribution in [0.15, 0.2) is 0 Å². The molecular weight excluding hydrogens is 178 g/mol. The summed E-state index contributed by atoms with van der Waals surface area (Å²) in [6.45, 7) is 4.14. The quantitative estimate of drug-likeness (QED) is 0.568. The van der Waals surface area contributed by atoms with Crippen molar-refractivity contribution in [1.82, 2.24) is 4.90 Å². The van der Waals surface area contributed by atoms with Crippen LogP contribution in [-0.4, -0.2) is 24.5 Å². The zero-order valence-corrected chi connectivity index (χ0v) is 7.91. The largest absolute Gasteiger partial charge is 0.294 e. The van der Waals surface area contributed by atoms with Crippen molar-refractivity contribution in [3.05, 3.63) is 0 Å². The van der Waals surface area contributed by atoms with Gasteiger partial charge in [-0.2, -0.15) is 0 Å². The van der Waals surface area contributed by atoms with Gasteiger partial charge in [0, 0.05) is 15.9 Å². The number of hydrogen-bond donors (Lipinski definition) is 0. The van der Waals surface area contributed by atoms with E-state index in [0.717, 1.165) is 0 Å². The first-order valence-electron chi connectivity index (χ1n) is 2.81. The molecule has 9 heavy (non-hydrogen) atoms. The first-order chi connectivity index (χ1) is 4.00. The van der Waals surface area contributed by atoms with Crippen molar-refractivity contribution in [2.45, 2.75) is 19.4 Å². The van der Waals surface area contributed by atoms with E-state index in [0.29, 0.717) is 0 Å². The first-order valence-corrected chi connectivity index (χ1v) is 3.60. The molecule has 0 rings (SSSR count). The van der Waals surface area contributed by atoms with E-state index in [1.54, 1.807) is 0 Å². The van der Waals surface area contributed by atoms with Gasteiger partial charge in [0.2, 0.25) is 0 Å². The second-order valence-corrected chi connectivity index (χ2v) is 3.07. The molecule has 0 aromatic heterocycles. The molecule has 0 aromatic rings. The highest BCUT2D eigenvalue weighted by molar-refractivity contribution is 9.12. The van der Waals surface area contributed by atoms with Crippen molar-refractivity contribution >= 4 is 15.9 Å². The van der Waals surface area contributed by atoms with Gasteiger partial charge >= 0.3 is 0 Å². The van der Waals surface area contributed by atoms with Crippen molar-refractivity contribution in [3.63, 3.8) is 0 Å². The summed E-state index contributed by atoms with van der Waals surface area (Å²) in [6, 6.07) is 0. The summed E-state index contributed by atoms with van der Waals surface area (Å²) in [4.78, 5) is 4.78. The SMILES string of the molecule is CN(C)C(C)(C)C#CBr. The summed E-state index contributed by atoms with van der Waals surface area (Å²) < 4.78 is 0. The molecule has 0 spiro atoms. The summed E-state index contributed by atoms with van der Waals surface area (Å²) in [7, 11) is 4.02. The van der Waals surface area contributed by atoms with E-state index in [4.69, 9.17) is 0 Å². The fourth-order valence-corrected chi connectivity index (χ4v) is 0.713. The van der Waals surface area contributed by atoms with Gasteiger partial charge in [-0.3, -0.25) is 4.90 Å². The maximum absolute atomic E-state index is 3.07. The molecule has 2 heteroatoms. The van der Waals surface area contributed by atoms with Crippen LogP contribution in [0.3, 0.4) is 0 Å². The summed E-state index contributed by atoms with van der Waals surface area (Å²) in [5, 5.41) is 0. The lowest BCUT2D eigenvalue weighted by Gasteiger charge is -2.26. The Kier molecular flexibility index (Phi) is 3.24. The summed E-state index contributed by atoms with van der Waals surface area (Å²) >= 11 is 3.07. The van der Waals surface area contributed by atoms with E-state index in [1.165, 1.54) is 0 Å². The average molecular weight is 190 g/mol. The Balaban J connectivity index is 4.13. The zero-order valence-electron chi connectivity index (χ0n) is 6.33. The third kappa shape index (κ3) is 2.88. The molecule has 0 bridgehead atoms. The molecule has 0 saturated heterocycles. The Bertz CT molecular complexity index is 139. The van der Waals surface area contributed by atoms with Gasteiger partial charge in [-0.1, -0.05) is 5.92 Å². The number of hydrogen-bond acceptors (Lipinski definition) is 1. The molecule has 0 N–H and O–H groups in total. The van der Waals surface area contributed by atoms with Gasteiger partial charge in [-0.15, -0.1) is 0 Å². The molecule has 0 aliphatic carbocycles. The van der Waals surface area contributed by atoms with Crippen molar-refractivity contribution in [2.24, 2.45) is 0 Å². The van der Waals surface area contributed by atoms with E-state index >= 15 is 0 Å². The van der Waals surface area contributed by atoms with Crippen LogP contribution in [0.5, 0.6) is 0 Å². The van der Waals surface area contributed by atoms with E-state index in [1.807, 2.05) is 14.1 Å². The van der Waals surface area contributed by atoms with Crippen LogP contribution in [0.2, 0.25) is 0 Å². The predicted molar refractivity (Wildman–Crippen MR) is 44.5 cm³/mol. The van der Waals surface area contributed by atoms with Crippen LogP contribution in [-0.2, 0) is 0 Å². The molecule has 52 valence electrons. The molecule has 1 nitrogen and oxygen atoms in total. The molecular formula is C7H12BrN. The van der Waals surface area contributed by atoms with Crippen molar-refractivity contribution in [2.75, 3.05) is 14.1 Å². The van der Waals surface area contributed by atoms with E-state index < -0.39 is 0 Å². The lowest BCUT2D eigenvalue weighted by atomic mass is 10.1. The fourth-order valence-electron chi connectivity index (χ4n) is 0.227. The monoisotopic (exact) mass is 189 g/mol. The Labute approximate surface area is 65.6 Å². The molecule has 0 saturated carbocycles. The van der Waals surface area contributed by atoms with Crippen molar-refractivity contribution in [3.8, 4) is 10.8 Å². The molecule has 0 fully saturated rings. The zero-order chi connectivity index (χ0) is 7.49. The number of halogens is 1. The summed E-state index contributed by atoms with van der Waals surface area (Å²) in [6.07, 6.45) is 0. The van der Waals surface area contributed by atoms with Crippen LogP contribution >= 0.6 is 15.9 Å². The third-order valence-electron chi connectivity index (χ3n) is 1.47. The number of rotatable bonds is 1. The lowest BCUT2D eigenvalue weighted by Crippen LogP contribution is -2.36. The highest BCUT2D eigenvalue weighted by Crippen LogP contribution is 2.07. The highest BCUT2D eigenvalue weighted by atomic mass is 79.9. The fraction of sp³-hybridized carbons (Fsp3) is 0.714. The van der Waals surface area contributed by atoms with Crippen molar-refractivity contribution < 1.29 is 0 Å². The third-order valence-corrected chi connectivity index (χ3v) is 1.67. The lowest BCUT2D eigenvalue weighted by molar-refractivity contribution is 0.264. The smallest absolute Gasteiger partial charge is 0.0772 e. The maximum Gasteiger partial charge on any atom is 0.0772 e. The van der Waals surface area contributed by atoms with Crippen LogP contribution < -0.4 is 0 Å². The standard InChI is InChI=1S/C7H12BrN/c1-7(2,5-6-8)9(3)4/h1-4H3. The molecule has 0 aromatic carbocycles. The van der Waals surface area contributed by atoms with Crippen LogP contribution in [0.25, 0.3) is 0 Å². The van der Waals surface area contributed by atoms with E-state index in [9.17, 15) is 0 Å². The molecule has 0 heterocycles. The highest BCUT2D eigenvalue weighted by Gasteiger charge is 2.15. The van der Waals surface area contributed by atoms with E-state index in [-0.39, 0.29) is 5.54 Å². The second kappa shape index (κ2) is 3.24. The van der Waals surface area contributed by atoms with Crippen LogP contribution in [0, 0.1) is 10.8 Å². The van der Waals surface area contributed by atoms with Gasteiger partial charge in [0.15, 0.2) is 0 Å². The van der Waals surface area contributed by atoms with Crippen molar-refractivity contribution in [1.29, 1.82) is 0 Å². The number of nitrogens with zero attached hydrogens (tertiary/aromatic N) is 1. The minimum Gasteiger partial charge on any atom is -0.294 e. The van der Waals surface area contributed by atoms with Crippen LogP contribution in [0.1, 0.15) is 13.8 Å². The molecule has 0 unspecified atom stereocenters. The Hall–Kier alpha value is 0. The maximum atomic E-state index is 3.07. The summed E-state index contributed by atoms with van der Waals surface area (Å²) in [5.41, 5.74) is -0.0243. The molecule has 0 amide bonds. The van der Waals surface area contributed by atoms with Gasteiger partial charge in [-0.05, 0) is 32.8 Å². The van der Waals surface area contributed by atoms with E-state index in [2.05, 4.69) is 45.4 Å². The minimum absolute atomic E-state index is 0.0243. The first kappa shape index (κ1) is 9.00. The summed E-state index contributed by atoms with van der Waals surface area (Å²) in [5.74, 6) is 3.01. The average Bonchev–Trinajstić information content (AvgIpc) is 1.65. The Morgan fingerprint density at radius 3 is 1.89 bits per heavy atom. The Morgan fingerprint density at radius 1 is 1.33 bits per heavy atom. The molecule has 0 aliphatic rings. The van der Waals surface area contributed by atoms with Crippen LogP contribution in [0.4, 0.5) is 0 Å². The second-order valence-electron chi connectivity index (χ2n) is 2.67. The molecule has 0 atom stereocenters. The Morgan fingerprint density at radius 2 is 1.78 bits per heavy atom. The predicted octanol–water partition coefficient (Wildman–Crippen LogP) is 1.68.